The van der Waals surface area contributed by atoms with E-state index in [1.807, 2.05) is 34.0 Å². The Kier molecular flexibility index (Phi) is 6.66. The molecule has 2 heterocycles. The first-order valence-corrected chi connectivity index (χ1v) is 9.48. The molecule has 3 rings (SSSR count). The minimum atomic E-state index is -0.0673. The lowest BCUT2D eigenvalue weighted by molar-refractivity contribution is 0.0442. The number of hydrogen-bond donors (Lipinski definition) is 1. The molecule has 2 amide bonds. The van der Waals surface area contributed by atoms with Crippen LogP contribution in [0.4, 0.5) is 10.5 Å². The first-order chi connectivity index (χ1) is 12.7. The lowest BCUT2D eigenvalue weighted by atomic mass is 10.1. The van der Waals surface area contributed by atoms with Crippen LogP contribution in [-0.4, -0.2) is 46.5 Å². The summed E-state index contributed by atoms with van der Waals surface area (Å²) in [5, 5.41) is 7.24. The van der Waals surface area contributed by atoms with Crippen molar-refractivity contribution in [2.24, 2.45) is 0 Å². The second-order valence-electron chi connectivity index (χ2n) is 6.75. The zero-order valence-corrected chi connectivity index (χ0v) is 15.4. The van der Waals surface area contributed by atoms with Crippen molar-refractivity contribution in [3.63, 3.8) is 0 Å². The fourth-order valence-corrected chi connectivity index (χ4v) is 3.15. The summed E-state index contributed by atoms with van der Waals surface area (Å²) in [6.07, 6.45) is 7.94. The lowest BCUT2D eigenvalue weighted by Gasteiger charge is -2.24. The predicted molar refractivity (Wildman–Crippen MR) is 102 cm³/mol. The van der Waals surface area contributed by atoms with Crippen LogP contribution in [0, 0.1) is 0 Å². The Balaban J connectivity index is 1.55. The number of unbranched alkanes of at least 4 members (excludes halogenated alkanes) is 1. The molecule has 26 heavy (non-hydrogen) atoms. The molecule has 0 spiro atoms. The molecule has 0 saturated carbocycles. The third-order valence-corrected chi connectivity index (χ3v) is 4.61. The fraction of sp³-hybridized carbons (Fsp3) is 0.500. The highest BCUT2D eigenvalue weighted by molar-refractivity contribution is 5.89. The molecule has 1 aliphatic heterocycles. The maximum Gasteiger partial charge on any atom is 0.321 e. The smallest absolute Gasteiger partial charge is 0.321 e. The third-order valence-electron chi connectivity index (χ3n) is 4.61. The van der Waals surface area contributed by atoms with Gasteiger partial charge in [-0.3, -0.25) is 4.68 Å². The highest BCUT2D eigenvalue weighted by Crippen LogP contribution is 2.14. The minimum absolute atomic E-state index is 0.0421. The van der Waals surface area contributed by atoms with Crippen LogP contribution in [0.1, 0.15) is 31.7 Å². The average molecular weight is 356 g/mol. The Morgan fingerprint density at radius 1 is 1.35 bits per heavy atom. The van der Waals surface area contributed by atoms with Gasteiger partial charge >= 0.3 is 6.03 Å². The van der Waals surface area contributed by atoms with Crippen molar-refractivity contribution in [3.8, 4) is 0 Å². The van der Waals surface area contributed by atoms with Gasteiger partial charge in [0.05, 0.1) is 19.2 Å². The molecule has 0 bridgehead atoms. The SMILES string of the molecule is CCCCc1ccc(NC(=O)N2CCCOC(Cn3cccn3)C2)cc1. The minimum Gasteiger partial charge on any atom is -0.374 e. The molecular formula is C20H28N4O2. The van der Waals surface area contributed by atoms with E-state index in [-0.39, 0.29) is 12.1 Å². The number of anilines is 1. The van der Waals surface area contributed by atoms with Gasteiger partial charge < -0.3 is 15.0 Å². The number of carbonyl (C=O) groups is 1. The van der Waals surface area contributed by atoms with Gasteiger partial charge in [0, 0.05) is 31.2 Å². The quantitative estimate of drug-likeness (QED) is 0.861. The van der Waals surface area contributed by atoms with E-state index in [2.05, 4.69) is 29.5 Å². The van der Waals surface area contributed by atoms with Gasteiger partial charge in [-0.05, 0) is 43.0 Å². The molecule has 1 atom stereocenters. The number of nitrogens with zero attached hydrogens (tertiary/aromatic N) is 3. The molecule has 6 heteroatoms. The van der Waals surface area contributed by atoms with E-state index >= 15 is 0 Å². The third kappa shape index (κ3) is 5.33. The maximum atomic E-state index is 12.7. The molecule has 1 fully saturated rings. The number of urea groups is 1. The van der Waals surface area contributed by atoms with Crippen LogP contribution in [0.3, 0.4) is 0 Å². The molecule has 1 N–H and O–H groups in total. The standard InChI is InChI=1S/C20H28N4O2/c1-2-3-6-17-7-9-18(10-8-17)22-20(25)23-12-5-14-26-19(15-23)16-24-13-4-11-21-24/h4,7-11,13,19H,2-3,5-6,12,14-16H2,1H3,(H,22,25). The van der Waals surface area contributed by atoms with Gasteiger partial charge in [0.25, 0.3) is 0 Å². The van der Waals surface area contributed by atoms with E-state index in [0.717, 1.165) is 18.5 Å². The number of benzene rings is 1. The molecule has 140 valence electrons. The Morgan fingerprint density at radius 3 is 2.92 bits per heavy atom. The van der Waals surface area contributed by atoms with Crippen molar-refractivity contribution in [1.29, 1.82) is 0 Å². The largest absolute Gasteiger partial charge is 0.374 e. The number of hydrogen-bond acceptors (Lipinski definition) is 3. The van der Waals surface area contributed by atoms with Crippen LogP contribution in [0.2, 0.25) is 0 Å². The Hall–Kier alpha value is -2.34. The van der Waals surface area contributed by atoms with Crippen LogP contribution in [-0.2, 0) is 17.7 Å². The lowest BCUT2D eigenvalue weighted by Crippen LogP contribution is -2.41. The number of nitrogens with one attached hydrogen (secondary N) is 1. The van der Waals surface area contributed by atoms with E-state index in [1.165, 1.54) is 18.4 Å². The number of rotatable bonds is 6. The second kappa shape index (κ2) is 9.38. The molecule has 0 aliphatic carbocycles. The van der Waals surface area contributed by atoms with Gasteiger partial charge in [-0.1, -0.05) is 25.5 Å². The van der Waals surface area contributed by atoms with E-state index in [4.69, 9.17) is 4.74 Å². The molecular weight excluding hydrogens is 328 g/mol. The molecule has 1 saturated heterocycles. The summed E-state index contributed by atoms with van der Waals surface area (Å²) in [6.45, 7) is 4.79. The van der Waals surface area contributed by atoms with Crippen molar-refractivity contribution in [3.05, 3.63) is 48.3 Å². The topological polar surface area (TPSA) is 59.4 Å². The molecule has 2 aromatic rings. The van der Waals surface area contributed by atoms with Crippen molar-refractivity contribution < 1.29 is 9.53 Å². The Morgan fingerprint density at radius 2 is 2.19 bits per heavy atom. The van der Waals surface area contributed by atoms with Crippen LogP contribution >= 0.6 is 0 Å². The van der Waals surface area contributed by atoms with Gasteiger partial charge in [-0.25, -0.2) is 4.79 Å². The maximum absolute atomic E-state index is 12.7. The summed E-state index contributed by atoms with van der Waals surface area (Å²) in [6, 6.07) is 9.99. The molecule has 1 aromatic carbocycles. The summed E-state index contributed by atoms with van der Waals surface area (Å²) in [5.41, 5.74) is 2.15. The van der Waals surface area contributed by atoms with E-state index in [0.29, 0.717) is 26.2 Å². The van der Waals surface area contributed by atoms with Crippen molar-refractivity contribution in [1.82, 2.24) is 14.7 Å². The monoisotopic (exact) mass is 356 g/mol. The highest BCUT2D eigenvalue weighted by atomic mass is 16.5. The first-order valence-electron chi connectivity index (χ1n) is 9.48. The van der Waals surface area contributed by atoms with E-state index < -0.39 is 0 Å². The van der Waals surface area contributed by atoms with Crippen molar-refractivity contribution >= 4 is 11.7 Å². The molecule has 1 aliphatic rings. The first kappa shape index (κ1) is 18.5. The Labute approximate surface area is 155 Å². The zero-order valence-electron chi connectivity index (χ0n) is 15.4. The predicted octanol–water partition coefficient (Wildman–Crippen LogP) is 3.55. The number of aryl methyl sites for hydroxylation is 1. The van der Waals surface area contributed by atoms with Gasteiger partial charge in [0.1, 0.15) is 0 Å². The summed E-state index contributed by atoms with van der Waals surface area (Å²) >= 11 is 0. The molecule has 1 aromatic heterocycles. The van der Waals surface area contributed by atoms with Crippen LogP contribution in [0.25, 0.3) is 0 Å². The summed E-state index contributed by atoms with van der Waals surface area (Å²) in [5.74, 6) is 0. The summed E-state index contributed by atoms with van der Waals surface area (Å²) in [4.78, 5) is 14.5. The highest BCUT2D eigenvalue weighted by Gasteiger charge is 2.23. The molecule has 0 radical (unpaired) electrons. The number of amides is 2. The second-order valence-corrected chi connectivity index (χ2v) is 6.75. The Bertz CT molecular complexity index is 670. The van der Waals surface area contributed by atoms with E-state index in [9.17, 15) is 4.79 Å². The van der Waals surface area contributed by atoms with Crippen molar-refractivity contribution in [2.75, 3.05) is 25.0 Å². The normalized spacial score (nSPS) is 17.7. The van der Waals surface area contributed by atoms with Crippen LogP contribution in [0.15, 0.2) is 42.7 Å². The molecule has 6 nitrogen and oxygen atoms in total. The van der Waals surface area contributed by atoms with Crippen LogP contribution in [0.5, 0.6) is 0 Å². The number of aromatic nitrogens is 2. The number of ether oxygens (including phenoxy) is 1. The zero-order chi connectivity index (χ0) is 18.2. The fourth-order valence-electron chi connectivity index (χ4n) is 3.15. The average Bonchev–Trinajstić information content (AvgIpc) is 3.05. The summed E-state index contributed by atoms with van der Waals surface area (Å²) < 4.78 is 7.73. The number of carbonyl (C=O) groups excluding carboxylic acids is 1. The van der Waals surface area contributed by atoms with Gasteiger partial charge in [-0.15, -0.1) is 0 Å². The van der Waals surface area contributed by atoms with Crippen molar-refractivity contribution in [2.45, 2.75) is 45.3 Å². The summed E-state index contributed by atoms with van der Waals surface area (Å²) in [7, 11) is 0. The molecule has 1 unspecified atom stereocenters. The van der Waals surface area contributed by atoms with Gasteiger partial charge in [-0.2, -0.15) is 5.10 Å². The van der Waals surface area contributed by atoms with Gasteiger partial charge in [0.2, 0.25) is 0 Å². The van der Waals surface area contributed by atoms with Crippen LogP contribution < -0.4 is 5.32 Å². The van der Waals surface area contributed by atoms with Gasteiger partial charge in [0.15, 0.2) is 0 Å². The van der Waals surface area contributed by atoms with E-state index in [1.54, 1.807) is 6.20 Å².